The van der Waals surface area contributed by atoms with Gasteiger partial charge in [0.2, 0.25) is 17.7 Å². The maximum absolute atomic E-state index is 13.5. The highest BCUT2D eigenvalue weighted by molar-refractivity contribution is 6.05. The number of carbonyl (C=O) groups excluding carboxylic acids is 4. The Morgan fingerprint density at radius 3 is 2.73 bits per heavy atom. The van der Waals surface area contributed by atoms with Gasteiger partial charge in [-0.3, -0.25) is 29.4 Å². The van der Waals surface area contributed by atoms with E-state index in [-0.39, 0.29) is 30.2 Å². The number of hydrogen-bond donors (Lipinski definition) is 2. The van der Waals surface area contributed by atoms with Crippen molar-refractivity contribution < 1.29 is 23.9 Å². The molecule has 2 N–H and O–H groups in total. The number of imide groups is 1. The smallest absolute Gasteiger partial charge is 0.255 e. The van der Waals surface area contributed by atoms with Crippen molar-refractivity contribution in [2.45, 2.75) is 82.5 Å². The second-order valence-electron chi connectivity index (χ2n) is 13.7. The highest BCUT2D eigenvalue weighted by atomic mass is 16.5. The molecule has 0 aromatic heterocycles. The maximum atomic E-state index is 13.5. The SMILES string of the molecule is O=C1CCC(N2Cc3c(OCCCN4CCCC4C(=O)NC4C5CC6CC7CC4C6C7C5)cccc3C2=O)C(=O)N1. The lowest BCUT2D eigenvalue weighted by molar-refractivity contribution is -0.137. The number of hydrogen-bond acceptors (Lipinski definition) is 6. The molecule has 218 valence electrons. The van der Waals surface area contributed by atoms with Crippen molar-refractivity contribution in [2.24, 2.45) is 35.5 Å². The van der Waals surface area contributed by atoms with Gasteiger partial charge in [-0.1, -0.05) is 6.07 Å². The van der Waals surface area contributed by atoms with Gasteiger partial charge in [0.05, 0.1) is 19.2 Å². The van der Waals surface area contributed by atoms with Crippen molar-refractivity contribution in [3.8, 4) is 5.75 Å². The summed E-state index contributed by atoms with van der Waals surface area (Å²) in [4.78, 5) is 54.4. The molecule has 4 amide bonds. The first-order chi connectivity index (χ1) is 20.0. The summed E-state index contributed by atoms with van der Waals surface area (Å²) in [5.41, 5.74) is 1.36. The van der Waals surface area contributed by atoms with E-state index in [4.69, 9.17) is 4.74 Å². The predicted octanol–water partition coefficient (Wildman–Crippen LogP) is 2.48. The van der Waals surface area contributed by atoms with Crippen LogP contribution in [0.15, 0.2) is 18.2 Å². The number of likely N-dealkylation sites (tertiary alicyclic amines) is 1. The van der Waals surface area contributed by atoms with Crippen molar-refractivity contribution in [1.82, 2.24) is 20.4 Å². The third kappa shape index (κ3) is 4.13. The van der Waals surface area contributed by atoms with Gasteiger partial charge < -0.3 is 15.0 Å². The minimum absolute atomic E-state index is 0.0390. The minimum Gasteiger partial charge on any atom is -0.493 e. The van der Waals surface area contributed by atoms with E-state index in [1.54, 1.807) is 11.0 Å². The molecule has 5 saturated carbocycles. The summed E-state index contributed by atoms with van der Waals surface area (Å²) in [5, 5.41) is 5.93. The number of nitrogens with one attached hydrogen (secondary N) is 2. The van der Waals surface area contributed by atoms with Crippen LogP contribution in [0, 0.1) is 35.5 Å². The van der Waals surface area contributed by atoms with Gasteiger partial charge in [0, 0.05) is 30.1 Å². The molecule has 0 radical (unpaired) electrons. The molecule has 6 bridgehead atoms. The molecule has 0 spiro atoms. The molecule has 1 aromatic rings. The molecule has 3 heterocycles. The van der Waals surface area contributed by atoms with Crippen LogP contribution in [0.1, 0.15) is 73.7 Å². The van der Waals surface area contributed by atoms with Crippen molar-refractivity contribution >= 4 is 23.6 Å². The van der Waals surface area contributed by atoms with Gasteiger partial charge in [0.25, 0.3) is 5.91 Å². The zero-order valence-corrected chi connectivity index (χ0v) is 23.6. The van der Waals surface area contributed by atoms with E-state index in [1.165, 1.54) is 25.7 Å². The number of carbonyl (C=O) groups is 4. The summed E-state index contributed by atoms with van der Waals surface area (Å²) in [6.07, 6.45) is 8.84. The fourth-order valence-corrected chi connectivity index (χ4v) is 10.3. The first-order valence-electron chi connectivity index (χ1n) is 15.9. The van der Waals surface area contributed by atoms with Gasteiger partial charge in [-0.15, -0.1) is 0 Å². The minimum atomic E-state index is -0.636. The normalized spacial score (nSPS) is 38.6. The lowest BCUT2D eigenvalue weighted by Crippen LogP contribution is -2.58. The molecule has 7 fully saturated rings. The van der Waals surface area contributed by atoms with E-state index in [0.29, 0.717) is 42.8 Å². The molecule has 9 rings (SSSR count). The van der Waals surface area contributed by atoms with E-state index in [9.17, 15) is 19.2 Å². The van der Waals surface area contributed by atoms with Crippen molar-refractivity contribution in [3.05, 3.63) is 29.3 Å². The second-order valence-corrected chi connectivity index (χ2v) is 13.7. The Morgan fingerprint density at radius 2 is 1.88 bits per heavy atom. The van der Waals surface area contributed by atoms with Gasteiger partial charge in [-0.2, -0.15) is 0 Å². The van der Waals surface area contributed by atoms with Crippen LogP contribution >= 0.6 is 0 Å². The summed E-state index contributed by atoms with van der Waals surface area (Å²) in [7, 11) is 0. The number of piperidine rings is 1. The molecule has 5 aliphatic carbocycles. The molecule has 9 unspecified atom stereocenters. The Morgan fingerprint density at radius 1 is 1.02 bits per heavy atom. The molecule has 9 heteroatoms. The number of amides is 4. The summed E-state index contributed by atoms with van der Waals surface area (Å²) in [6, 6.07) is 5.19. The average Bonchev–Trinajstić information content (AvgIpc) is 3.69. The van der Waals surface area contributed by atoms with Crippen LogP contribution in [0.4, 0.5) is 0 Å². The standard InChI is InChI=1S/C32H40N4O5/c37-27-8-7-25(31(39)33-27)36-16-23-20(32(36)40)4-1-6-26(23)41-11-3-10-35-9-2-5-24(35)30(38)34-29-19-13-18-12-17-14-22(29)28(18)21(17)15-19/h1,4,6,17-19,21-22,24-25,28-29H,2-3,5,7-16H2,(H,34,38)(H,33,37,39). The van der Waals surface area contributed by atoms with Crippen LogP contribution in [-0.2, 0) is 20.9 Å². The van der Waals surface area contributed by atoms with Crippen LogP contribution in [0.2, 0.25) is 0 Å². The quantitative estimate of drug-likeness (QED) is 0.374. The van der Waals surface area contributed by atoms with E-state index in [1.807, 2.05) is 12.1 Å². The number of ether oxygens (including phenoxy) is 1. The number of nitrogens with zero attached hydrogens (tertiary/aromatic N) is 2. The zero-order chi connectivity index (χ0) is 27.8. The van der Waals surface area contributed by atoms with Crippen LogP contribution in [0.3, 0.4) is 0 Å². The zero-order valence-electron chi connectivity index (χ0n) is 23.6. The van der Waals surface area contributed by atoms with Gasteiger partial charge in [0.1, 0.15) is 11.8 Å². The molecule has 2 saturated heterocycles. The van der Waals surface area contributed by atoms with Crippen molar-refractivity contribution in [3.63, 3.8) is 0 Å². The molecule has 8 aliphatic rings. The van der Waals surface area contributed by atoms with Gasteiger partial charge >= 0.3 is 0 Å². The molecule has 9 atom stereocenters. The Balaban J connectivity index is 0.852. The fourth-order valence-electron chi connectivity index (χ4n) is 10.3. The summed E-state index contributed by atoms with van der Waals surface area (Å²) in [5.74, 6) is 5.18. The number of rotatable bonds is 8. The van der Waals surface area contributed by atoms with Crippen molar-refractivity contribution in [2.75, 3.05) is 19.7 Å². The van der Waals surface area contributed by atoms with Crippen LogP contribution < -0.4 is 15.4 Å². The Bertz CT molecular complexity index is 1300. The summed E-state index contributed by atoms with van der Waals surface area (Å²) < 4.78 is 6.17. The number of benzene rings is 1. The lowest BCUT2D eigenvalue weighted by atomic mass is 9.58. The highest BCUT2D eigenvalue weighted by Gasteiger charge is 2.64. The third-order valence-corrected chi connectivity index (χ3v) is 11.8. The molecular formula is C32H40N4O5. The molecule has 3 aliphatic heterocycles. The van der Waals surface area contributed by atoms with E-state index < -0.39 is 11.9 Å². The average molecular weight is 561 g/mol. The Labute approximate surface area is 240 Å². The second kappa shape index (κ2) is 9.82. The maximum Gasteiger partial charge on any atom is 0.255 e. The van der Waals surface area contributed by atoms with Gasteiger partial charge in [-0.05, 0) is 106 Å². The first-order valence-corrected chi connectivity index (χ1v) is 15.9. The van der Waals surface area contributed by atoms with Crippen LogP contribution in [0.25, 0.3) is 0 Å². The molecule has 1 aromatic carbocycles. The van der Waals surface area contributed by atoms with Gasteiger partial charge in [-0.25, -0.2) is 0 Å². The van der Waals surface area contributed by atoms with Crippen molar-refractivity contribution in [1.29, 1.82) is 0 Å². The first kappa shape index (κ1) is 25.7. The van der Waals surface area contributed by atoms with Crippen LogP contribution in [-0.4, -0.2) is 71.3 Å². The van der Waals surface area contributed by atoms with E-state index in [0.717, 1.165) is 67.5 Å². The molecular weight excluding hydrogens is 520 g/mol. The molecule has 9 nitrogen and oxygen atoms in total. The van der Waals surface area contributed by atoms with E-state index in [2.05, 4.69) is 15.5 Å². The molecule has 41 heavy (non-hydrogen) atoms. The highest BCUT2D eigenvalue weighted by Crippen LogP contribution is 2.68. The third-order valence-electron chi connectivity index (χ3n) is 11.8. The largest absolute Gasteiger partial charge is 0.493 e. The van der Waals surface area contributed by atoms with E-state index >= 15 is 0 Å². The lowest BCUT2D eigenvalue weighted by Gasteiger charge is -2.51. The monoisotopic (exact) mass is 560 g/mol. The van der Waals surface area contributed by atoms with Crippen LogP contribution in [0.5, 0.6) is 5.75 Å². The summed E-state index contributed by atoms with van der Waals surface area (Å²) >= 11 is 0. The van der Waals surface area contributed by atoms with Gasteiger partial charge in [0.15, 0.2) is 0 Å². The topological polar surface area (TPSA) is 108 Å². The predicted molar refractivity (Wildman–Crippen MR) is 149 cm³/mol. The Kier molecular flexibility index (Phi) is 6.16. The summed E-state index contributed by atoms with van der Waals surface area (Å²) in [6.45, 7) is 2.55. The Hall–Kier alpha value is -2.94. The number of fused-ring (bicyclic) bond motifs is 1. The fraction of sp³-hybridized carbons (Fsp3) is 0.688.